The molecule has 0 aliphatic rings. The van der Waals surface area contributed by atoms with Gasteiger partial charge >= 0.3 is 0 Å². The van der Waals surface area contributed by atoms with Gasteiger partial charge in [0.1, 0.15) is 29.9 Å². The van der Waals surface area contributed by atoms with E-state index in [0.29, 0.717) is 17.9 Å². The molecule has 1 N–H and O–H groups in total. The minimum absolute atomic E-state index is 0.147. The van der Waals surface area contributed by atoms with Crippen LogP contribution in [0.4, 0.5) is 10.1 Å². The van der Waals surface area contributed by atoms with E-state index in [1.807, 2.05) is 62.4 Å². The zero-order valence-corrected chi connectivity index (χ0v) is 26.4. The molecular formula is C35H38FN3O5S. The highest BCUT2D eigenvalue weighted by Gasteiger charge is 2.33. The Labute approximate surface area is 264 Å². The zero-order chi connectivity index (χ0) is 32.4. The van der Waals surface area contributed by atoms with Crippen molar-refractivity contribution in [2.24, 2.45) is 0 Å². The lowest BCUT2D eigenvalue weighted by molar-refractivity contribution is -0.140. The number of nitrogens with one attached hydrogen (secondary N) is 1. The molecule has 0 spiro atoms. The number of carbonyl (C=O) groups excluding carboxylic acids is 2. The molecule has 0 aromatic heterocycles. The van der Waals surface area contributed by atoms with Gasteiger partial charge in [-0.15, -0.1) is 0 Å². The molecule has 4 rings (SSSR count). The van der Waals surface area contributed by atoms with Crippen molar-refractivity contribution in [2.45, 2.75) is 45.3 Å². The minimum atomic E-state index is -3.96. The summed E-state index contributed by atoms with van der Waals surface area (Å²) >= 11 is 0. The van der Waals surface area contributed by atoms with Crippen molar-refractivity contribution in [3.8, 4) is 11.5 Å². The van der Waals surface area contributed by atoms with Crippen LogP contribution in [0.25, 0.3) is 0 Å². The molecule has 236 valence electrons. The number of carbonyl (C=O) groups is 2. The summed E-state index contributed by atoms with van der Waals surface area (Å²) < 4.78 is 47.8. The van der Waals surface area contributed by atoms with E-state index in [2.05, 4.69) is 5.32 Å². The molecule has 2 amide bonds. The third kappa shape index (κ3) is 9.39. The summed E-state index contributed by atoms with van der Waals surface area (Å²) in [5.74, 6) is -0.510. The number of ether oxygens (including phenoxy) is 1. The Bertz CT molecular complexity index is 1670. The molecule has 8 nitrogen and oxygen atoms in total. The van der Waals surface area contributed by atoms with E-state index >= 15 is 0 Å². The van der Waals surface area contributed by atoms with E-state index in [1.165, 1.54) is 11.0 Å². The fourth-order valence-electron chi connectivity index (χ4n) is 4.72. The molecule has 2 atom stereocenters. The number of hydrogen-bond acceptors (Lipinski definition) is 5. The van der Waals surface area contributed by atoms with E-state index < -0.39 is 40.2 Å². The molecule has 4 aromatic carbocycles. The number of halogens is 1. The van der Waals surface area contributed by atoms with Crippen LogP contribution in [0.1, 0.15) is 31.4 Å². The largest absolute Gasteiger partial charge is 0.457 e. The molecule has 0 bridgehead atoms. The van der Waals surface area contributed by atoms with E-state index in [0.717, 1.165) is 16.1 Å². The van der Waals surface area contributed by atoms with Crippen LogP contribution in [0.2, 0.25) is 0 Å². The second kappa shape index (κ2) is 15.3. The van der Waals surface area contributed by atoms with Crippen molar-refractivity contribution >= 4 is 27.5 Å². The van der Waals surface area contributed by atoms with Crippen LogP contribution in [0, 0.1) is 5.82 Å². The third-order valence-corrected chi connectivity index (χ3v) is 8.49. The number of benzene rings is 4. The maximum atomic E-state index is 14.9. The monoisotopic (exact) mass is 631 g/mol. The zero-order valence-electron chi connectivity index (χ0n) is 25.6. The van der Waals surface area contributed by atoms with E-state index in [4.69, 9.17) is 4.74 Å². The number of rotatable bonds is 14. The highest BCUT2D eigenvalue weighted by atomic mass is 32.2. The van der Waals surface area contributed by atoms with Gasteiger partial charge in [-0.05, 0) is 61.4 Å². The predicted octanol–water partition coefficient (Wildman–Crippen LogP) is 5.94. The van der Waals surface area contributed by atoms with Crippen LogP contribution in [0.5, 0.6) is 11.5 Å². The highest BCUT2D eigenvalue weighted by molar-refractivity contribution is 7.92. The summed E-state index contributed by atoms with van der Waals surface area (Å²) in [6.07, 6.45) is 1.82. The maximum Gasteiger partial charge on any atom is 0.244 e. The smallest absolute Gasteiger partial charge is 0.244 e. The van der Waals surface area contributed by atoms with Crippen LogP contribution < -0.4 is 14.4 Å². The van der Waals surface area contributed by atoms with Gasteiger partial charge in [-0.25, -0.2) is 12.8 Å². The Morgan fingerprint density at radius 2 is 1.42 bits per heavy atom. The molecule has 0 heterocycles. The standard InChI is InChI=1S/C35H38FN3O5S/c1-4-26(2)37-35(41)33(23-27-13-7-5-8-14-27)38(24-28-15-11-12-18-32(28)36)34(40)25-39(45(3,42)43)29-19-21-31(22-20-29)44-30-16-9-6-10-17-30/h5-22,26,33H,4,23-25H2,1-3H3,(H,37,41). The lowest BCUT2D eigenvalue weighted by Gasteiger charge is -2.34. The second-order valence-electron chi connectivity index (χ2n) is 10.8. The van der Waals surface area contributed by atoms with Crippen molar-refractivity contribution in [1.29, 1.82) is 0 Å². The maximum absolute atomic E-state index is 14.9. The Morgan fingerprint density at radius 1 is 0.844 bits per heavy atom. The van der Waals surface area contributed by atoms with Gasteiger partial charge in [-0.1, -0.05) is 73.7 Å². The van der Waals surface area contributed by atoms with Gasteiger partial charge in [0.25, 0.3) is 0 Å². The van der Waals surface area contributed by atoms with Crippen molar-refractivity contribution in [3.63, 3.8) is 0 Å². The van der Waals surface area contributed by atoms with Crippen molar-refractivity contribution in [3.05, 3.63) is 126 Å². The number of hydrogen-bond donors (Lipinski definition) is 1. The van der Waals surface area contributed by atoms with Crippen LogP contribution in [0.15, 0.2) is 109 Å². The van der Waals surface area contributed by atoms with Crippen molar-refractivity contribution in [2.75, 3.05) is 17.1 Å². The van der Waals surface area contributed by atoms with Crippen LogP contribution in [-0.4, -0.2) is 50.0 Å². The van der Waals surface area contributed by atoms with Gasteiger partial charge in [0, 0.05) is 24.6 Å². The number of para-hydroxylation sites is 1. The molecule has 45 heavy (non-hydrogen) atoms. The number of anilines is 1. The molecule has 10 heteroatoms. The number of sulfonamides is 1. The summed E-state index contributed by atoms with van der Waals surface area (Å²) in [4.78, 5) is 29.2. The van der Waals surface area contributed by atoms with Gasteiger partial charge in [0.15, 0.2) is 0 Å². The summed E-state index contributed by atoms with van der Waals surface area (Å²) in [6, 6.07) is 29.4. The molecule has 0 saturated carbocycles. The summed E-state index contributed by atoms with van der Waals surface area (Å²) in [7, 11) is -3.96. The van der Waals surface area contributed by atoms with Gasteiger partial charge < -0.3 is 15.0 Å². The fourth-order valence-corrected chi connectivity index (χ4v) is 5.57. The van der Waals surface area contributed by atoms with Gasteiger partial charge in [0.05, 0.1) is 11.9 Å². The van der Waals surface area contributed by atoms with E-state index in [1.54, 1.807) is 54.6 Å². The minimum Gasteiger partial charge on any atom is -0.457 e. The van der Waals surface area contributed by atoms with Gasteiger partial charge in [-0.2, -0.15) is 0 Å². The molecule has 0 radical (unpaired) electrons. The first-order valence-corrected chi connectivity index (χ1v) is 16.6. The Morgan fingerprint density at radius 3 is 2.02 bits per heavy atom. The first-order chi connectivity index (χ1) is 21.5. The molecule has 0 aliphatic carbocycles. The highest BCUT2D eigenvalue weighted by Crippen LogP contribution is 2.26. The lowest BCUT2D eigenvalue weighted by Crippen LogP contribution is -2.54. The number of nitrogens with zero attached hydrogens (tertiary/aromatic N) is 2. The average Bonchev–Trinajstić information content (AvgIpc) is 3.03. The summed E-state index contributed by atoms with van der Waals surface area (Å²) in [5.41, 5.74) is 1.23. The van der Waals surface area contributed by atoms with Crippen molar-refractivity contribution < 1.29 is 27.1 Å². The SMILES string of the molecule is CCC(C)NC(=O)C(Cc1ccccc1)N(Cc1ccccc1F)C(=O)CN(c1ccc(Oc2ccccc2)cc1)S(C)(=O)=O. The third-order valence-electron chi connectivity index (χ3n) is 7.35. The molecule has 0 saturated heterocycles. The topological polar surface area (TPSA) is 96.0 Å². The lowest BCUT2D eigenvalue weighted by atomic mass is 10.0. The summed E-state index contributed by atoms with van der Waals surface area (Å²) in [6.45, 7) is 2.95. The average molecular weight is 632 g/mol. The van der Waals surface area contributed by atoms with Crippen molar-refractivity contribution in [1.82, 2.24) is 10.2 Å². The van der Waals surface area contributed by atoms with Crippen LogP contribution in [0.3, 0.4) is 0 Å². The molecule has 4 aromatic rings. The molecule has 0 fully saturated rings. The predicted molar refractivity (Wildman–Crippen MR) is 174 cm³/mol. The fraction of sp³-hybridized carbons (Fsp3) is 0.257. The summed E-state index contributed by atoms with van der Waals surface area (Å²) in [5, 5.41) is 2.95. The molecular weight excluding hydrogens is 593 g/mol. The van der Waals surface area contributed by atoms with Crippen LogP contribution >= 0.6 is 0 Å². The first kappa shape index (κ1) is 33.2. The normalized spacial score (nSPS) is 12.5. The first-order valence-electron chi connectivity index (χ1n) is 14.7. The quantitative estimate of drug-likeness (QED) is 0.186. The van der Waals surface area contributed by atoms with Gasteiger partial charge in [0.2, 0.25) is 21.8 Å². The van der Waals surface area contributed by atoms with Gasteiger partial charge in [-0.3, -0.25) is 13.9 Å². The second-order valence-corrected chi connectivity index (χ2v) is 12.7. The number of amides is 2. The van der Waals surface area contributed by atoms with E-state index in [9.17, 15) is 22.4 Å². The molecule has 0 aliphatic heterocycles. The van der Waals surface area contributed by atoms with E-state index in [-0.39, 0.29) is 30.3 Å². The molecule has 2 unspecified atom stereocenters. The Kier molecular flexibility index (Phi) is 11.3. The Hall–Kier alpha value is -4.70. The van der Waals surface area contributed by atoms with Crippen LogP contribution in [-0.2, 0) is 32.6 Å². The Balaban J connectivity index is 1.69.